The summed E-state index contributed by atoms with van der Waals surface area (Å²) in [5, 5.41) is 3.87. The van der Waals surface area contributed by atoms with Gasteiger partial charge in [0.2, 0.25) is 0 Å². The summed E-state index contributed by atoms with van der Waals surface area (Å²) in [4.78, 5) is 0. The molecular weight excluding hydrogens is 282 g/mol. The van der Waals surface area contributed by atoms with Crippen molar-refractivity contribution in [3.05, 3.63) is 64.7 Å². The van der Waals surface area contributed by atoms with Crippen LogP contribution in [-0.2, 0) is 5.41 Å². The van der Waals surface area contributed by atoms with E-state index in [-0.39, 0.29) is 11.5 Å². The first-order valence-corrected chi connectivity index (χ1v) is 7.68. The highest BCUT2D eigenvalue weighted by Gasteiger charge is 2.25. The standard InChI is InChI=1S/C18H20ClNO/c1-18(2,13-6-4-3-5-7-13)14-8-9-17(16(19)10-14)21-15-11-20-12-15/h3-10,15,20H,11-12H2,1-2H3. The Labute approximate surface area is 131 Å². The Morgan fingerprint density at radius 2 is 1.76 bits per heavy atom. The van der Waals surface area contributed by atoms with Gasteiger partial charge in [-0.3, -0.25) is 0 Å². The van der Waals surface area contributed by atoms with E-state index in [0.717, 1.165) is 18.8 Å². The van der Waals surface area contributed by atoms with Crippen molar-refractivity contribution >= 4 is 11.6 Å². The van der Waals surface area contributed by atoms with Gasteiger partial charge in [0.1, 0.15) is 11.9 Å². The molecule has 1 saturated heterocycles. The third-order valence-corrected chi connectivity index (χ3v) is 4.48. The van der Waals surface area contributed by atoms with Crippen molar-refractivity contribution < 1.29 is 4.74 Å². The second kappa shape index (κ2) is 5.70. The molecule has 2 nitrogen and oxygen atoms in total. The number of hydrogen-bond donors (Lipinski definition) is 1. The summed E-state index contributed by atoms with van der Waals surface area (Å²) in [7, 11) is 0. The quantitative estimate of drug-likeness (QED) is 0.921. The van der Waals surface area contributed by atoms with E-state index in [1.54, 1.807) is 0 Å². The lowest BCUT2D eigenvalue weighted by Crippen LogP contribution is -2.50. The van der Waals surface area contributed by atoms with Crippen molar-refractivity contribution in [3.8, 4) is 5.75 Å². The maximum Gasteiger partial charge on any atom is 0.138 e. The van der Waals surface area contributed by atoms with E-state index in [4.69, 9.17) is 16.3 Å². The minimum Gasteiger partial charge on any atom is -0.486 e. The predicted molar refractivity (Wildman–Crippen MR) is 87.3 cm³/mol. The molecule has 21 heavy (non-hydrogen) atoms. The van der Waals surface area contributed by atoms with Crippen LogP contribution in [0.25, 0.3) is 0 Å². The minimum absolute atomic E-state index is 0.0819. The molecule has 1 fully saturated rings. The van der Waals surface area contributed by atoms with E-state index >= 15 is 0 Å². The summed E-state index contributed by atoms with van der Waals surface area (Å²) in [5.74, 6) is 0.774. The first-order chi connectivity index (χ1) is 10.1. The van der Waals surface area contributed by atoms with E-state index in [9.17, 15) is 0 Å². The Hall–Kier alpha value is -1.51. The molecule has 1 N–H and O–H groups in total. The lowest BCUT2D eigenvalue weighted by atomic mass is 9.78. The van der Waals surface area contributed by atoms with Crippen LogP contribution in [0.2, 0.25) is 5.02 Å². The molecule has 0 amide bonds. The SMILES string of the molecule is CC(C)(c1ccccc1)c1ccc(OC2CNC2)c(Cl)c1. The fourth-order valence-corrected chi connectivity index (χ4v) is 2.76. The van der Waals surface area contributed by atoms with Gasteiger partial charge in [0.25, 0.3) is 0 Å². The molecular formula is C18H20ClNO. The zero-order valence-corrected chi connectivity index (χ0v) is 13.2. The molecule has 0 aromatic heterocycles. The highest BCUT2D eigenvalue weighted by atomic mass is 35.5. The van der Waals surface area contributed by atoms with Crippen molar-refractivity contribution in [2.45, 2.75) is 25.4 Å². The number of halogens is 1. The smallest absolute Gasteiger partial charge is 0.138 e. The first kappa shape index (κ1) is 14.4. The van der Waals surface area contributed by atoms with Gasteiger partial charge in [-0.05, 0) is 23.3 Å². The summed E-state index contributed by atoms with van der Waals surface area (Å²) in [5.41, 5.74) is 2.39. The summed E-state index contributed by atoms with van der Waals surface area (Å²) in [6.45, 7) is 6.22. The number of benzene rings is 2. The van der Waals surface area contributed by atoms with E-state index in [0.29, 0.717) is 5.02 Å². The molecule has 0 atom stereocenters. The lowest BCUT2D eigenvalue weighted by molar-refractivity contribution is 0.142. The first-order valence-electron chi connectivity index (χ1n) is 7.30. The van der Waals surface area contributed by atoms with E-state index in [1.807, 2.05) is 18.2 Å². The van der Waals surface area contributed by atoms with Crippen molar-refractivity contribution in [1.29, 1.82) is 0 Å². The molecule has 0 aliphatic carbocycles. The van der Waals surface area contributed by atoms with Gasteiger partial charge in [-0.25, -0.2) is 0 Å². The second-order valence-corrected chi connectivity index (χ2v) is 6.44. The van der Waals surface area contributed by atoms with Crippen LogP contribution in [0.4, 0.5) is 0 Å². The van der Waals surface area contributed by atoms with Crippen LogP contribution in [0, 0.1) is 0 Å². The number of hydrogen-bond acceptors (Lipinski definition) is 2. The van der Waals surface area contributed by atoms with E-state index in [1.165, 1.54) is 11.1 Å². The Kier molecular flexibility index (Phi) is 3.92. The van der Waals surface area contributed by atoms with Crippen molar-refractivity contribution in [1.82, 2.24) is 5.32 Å². The Balaban J connectivity index is 1.87. The fourth-order valence-electron chi connectivity index (χ4n) is 2.53. The third-order valence-electron chi connectivity index (χ3n) is 4.19. The van der Waals surface area contributed by atoms with Gasteiger partial charge in [-0.2, -0.15) is 0 Å². The third kappa shape index (κ3) is 2.92. The summed E-state index contributed by atoms with van der Waals surface area (Å²) >= 11 is 6.40. The van der Waals surface area contributed by atoms with Gasteiger partial charge >= 0.3 is 0 Å². The topological polar surface area (TPSA) is 21.3 Å². The predicted octanol–water partition coefficient (Wildman–Crippen LogP) is 4.02. The highest BCUT2D eigenvalue weighted by Crippen LogP contribution is 2.36. The Morgan fingerprint density at radius 3 is 2.33 bits per heavy atom. The molecule has 3 heteroatoms. The number of ether oxygens (including phenoxy) is 1. The van der Waals surface area contributed by atoms with E-state index < -0.39 is 0 Å². The molecule has 0 radical (unpaired) electrons. The molecule has 1 aliphatic heterocycles. The van der Waals surface area contributed by atoms with Crippen LogP contribution < -0.4 is 10.1 Å². The molecule has 1 heterocycles. The van der Waals surface area contributed by atoms with Crippen molar-refractivity contribution in [2.75, 3.05) is 13.1 Å². The van der Waals surface area contributed by atoms with E-state index in [2.05, 4.69) is 49.5 Å². The molecule has 0 unspecified atom stereocenters. The lowest BCUT2D eigenvalue weighted by Gasteiger charge is -2.29. The second-order valence-electron chi connectivity index (χ2n) is 6.03. The summed E-state index contributed by atoms with van der Waals surface area (Å²) < 4.78 is 5.86. The summed E-state index contributed by atoms with van der Waals surface area (Å²) in [6.07, 6.45) is 0.246. The van der Waals surface area contributed by atoms with Gasteiger partial charge in [0, 0.05) is 18.5 Å². The minimum atomic E-state index is -0.0819. The molecule has 2 aromatic rings. The van der Waals surface area contributed by atoms with Gasteiger partial charge in [-0.15, -0.1) is 0 Å². The maximum absolute atomic E-state index is 6.40. The molecule has 2 aromatic carbocycles. The van der Waals surface area contributed by atoms with Crippen LogP contribution in [-0.4, -0.2) is 19.2 Å². The maximum atomic E-state index is 6.40. The number of rotatable bonds is 4. The summed E-state index contributed by atoms with van der Waals surface area (Å²) in [6, 6.07) is 16.6. The van der Waals surface area contributed by atoms with Gasteiger partial charge in [-0.1, -0.05) is 61.8 Å². The van der Waals surface area contributed by atoms with Crippen molar-refractivity contribution in [3.63, 3.8) is 0 Å². The molecule has 110 valence electrons. The molecule has 0 saturated carbocycles. The zero-order chi connectivity index (χ0) is 14.9. The van der Waals surface area contributed by atoms with Crippen LogP contribution in [0.15, 0.2) is 48.5 Å². The van der Waals surface area contributed by atoms with Gasteiger partial charge < -0.3 is 10.1 Å². The molecule has 3 rings (SSSR count). The Bertz CT molecular complexity index is 620. The number of nitrogens with one attached hydrogen (secondary N) is 1. The molecule has 1 aliphatic rings. The fraction of sp³-hybridized carbons (Fsp3) is 0.333. The van der Waals surface area contributed by atoms with Crippen LogP contribution >= 0.6 is 11.6 Å². The zero-order valence-electron chi connectivity index (χ0n) is 12.4. The molecule has 0 spiro atoms. The molecule has 0 bridgehead atoms. The van der Waals surface area contributed by atoms with Crippen LogP contribution in [0.5, 0.6) is 5.75 Å². The largest absolute Gasteiger partial charge is 0.486 e. The van der Waals surface area contributed by atoms with Crippen molar-refractivity contribution in [2.24, 2.45) is 0 Å². The monoisotopic (exact) mass is 301 g/mol. The van der Waals surface area contributed by atoms with Gasteiger partial charge in [0.05, 0.1) is 5.02 Å². The van der Waals surface area contributed by atoms with Crippen LogP contribution in [0.3, 0.4) is 0 Å². The van der Waals surface area contributed by atoms with Gasteiger partial charge in [0.15, 0.2) is 0 Å². The average Bonchev–Trinajstić information content (AvgIpc) is 2.45. The van der Waals surface area contributed by atoms with Crippen LogP contribution in [0.1, 0.15) is 25.0 Å². The normalized spacial score (nSPS) is 15.6. The Morgan fingerprint density at radius 1 is 1.05 bits per heavy atom. The highest BCUT2D eigenvalue weighted by molar-refractivity contribution is 6.32. The average molecular weight is 302 g/mol.